The van der Waals surface area contributed by atoms with E-state index in [1.165, 1.54) is 0 Å². The predicted molar refractivity (Wildman–Crippen MR) is 51.4 cm³/mol. The molecule has 0 amide bonds. The van der Waals surface area contributed by atoms with E-state index in [0.717, 1.165) is 11.3 Å². The van der Waals surface area contributed by atoms with Crippen LogP contribution in [0.4, 0.5) is 0 Å². The third-order valence-corrected chi connectivity index (χ3v) is 1.96. The fraction of sp³-hybridized carbons (Fsp3) is 0.111. The summed E-state index contributed by atoms with van der Waals surface area (Å²) in [6, 6.07) is 3.82. The highest BCUT2D eigenvalue weighted by atomic mass is 35.5. The van der Waals surface area contributed by atoms with Crippen LogP contribution >= 0.6 is 11.6 Å². The number of hydrogen-bond acceptors (Lipinski definition) is 2. The van der Waals surface area contributed by atoms with Gasteiger partial charge < -0.3 is 4.98 Å². The summed E-state index contributed by atoms with van der Waals surface area (Å²) >= 11 is 5.63. The van der Waals surface area contributed by atoms with Gasteiger partial charge in [-0.1, -0.05) is 0 Å². The van der Waals surface area contributed by atoms with E-state index in [-0.39, 0.29) is 0 Å². The van der Waals surface area contributed by atoms with Crippen molar-refractivity contribution in [3.8, 4) is 11.3 Å². The molecule has 4 heteroatoms. The van der Waals surface area contributed by atoms with Crippen molar-refractivity contribution in [2.24, 2.45) is 0 Å². The van der Waals surface area contributed by atoms with Crippen molar-refractivity contribution in [2.75, 3.05) is 0 Å². The Morgan fingerprint density at radius 2 is 2.31 bits per heavy atom. The summed E-state index contributed by atoms with van der Waals surface area (Å²) < 4.78 is 0. The Morgan fingerprint density at radius 3 is 3.00 bits per heavy atom. The Balaban J connectivity index is 2.41. The quantitative estimate of drug-likeness (QED) is 0.743. The van der Waals surface area contributed by atoms with Gasteiger partial charge in [-0.2, -0.15) is 0 Å². The number of halogens is 1. The molecule has 0 saturated heterocycles. The molecule has 0 aromatic carbocycles. The maximum Gasteiger partial charge on any atom is 0.143 e. The topological polar surface area (TPSA) is 41.6 Å². The van der Waals surface area contributed by atoms with Crippen LogP contribution in [0.25, 0.3) is 11.3 Å². The summed E-state index contributed by atoms with van der Waals surface area (Å²) in [4.78, 5) is 11.3. The molecule has 0 aliphatic carbocycles. The van der Waals surface area contributed by atoms with Crippen molar-refractivity contribution in [1.29, 1.82) is 0 Å². The molecule has 2 aromatic rings. The van der Waals surface area contributed by atoms with Crippen molar-refractivity contribution in [3.05, 3.63) is 36.5 Å². The fourth-order valence-electron chi connectivity index (χ4n) is 1.11. The molecule has 66 valence electrons. The van der Waals surface area contributed by atoms with Crippen LogP contribution in [0.15, 0.2) is 30.7 Å². The van der Waals surface area contributed by atoms with Crippen molar-refractivity contribution in [1.82, 2.24) is 15.0 Å². The molecule has 0 aliphatic rings. The van der Waals surface area contributed by atoms with Gasteiger partial charge in [-0.15, -0.1) is 11.6 Å². The minimum Gasteiger partial charge on any atom is -0.367 e. The summed E-state index contributed by atoms with van der Waals surface area (Å²) in [5.41, 5.74) is 1.95. The number of aromatic amines is 1. The number of hydrogen-bond donors (Lipinski definition) is 1. The number of H-pyrrole nitrogens is 1. The monoisotopic (exact) mass is 193 g/mol. The molecule has 0 unspecified atom stereocenters. The first-order valence-corrected chi connectivity index (χ1v) is 4.44. The van der Waals surface area contributed by atoms with Crippen LogP contribution < -0.4 is 0 Å². The maximum atomic E-state index is 5.63. The highest BCUT2D eigenvalue weighted by molar-refractivity contribution is 6.16. The molecular formula is C9H8ClN3. The molecule has 1 N–H and O–H groups in total. The minimum absolute atomic E-state index is 0.345. The molecule has 0 fully saturated rings. The number of rotatable bonds is 2. The summed E-state index contributed by atoms with van der Waals surface area (Å²) in [7, 11) is 0. The van der Waals surface area contributed by atoms with Crippen LogP contribution in [0.2, 0.25) is 0 Å². The van der Waals surface area contributed by atoms with Gasteiger partial charge in [0.2, 0.25) is 0 Å². The summed E-state index contributed by atoms with van der Waals surface area (Å²) in [6.45, 7) is 0. The van der Waals surface area contributed by atoms with Gasteiger partial charge in [0, 0.05) is 24.2 Å². The zero-order valence-corrected chi connectivity index (χ0v) is 7.62. The standard InChI is InChI=1S/C9H8ClN3/c10-5-9-12-4-2-8(13-9)7-1-3-11-6-7/h1-4,6,11H,5H2. The third-order valence-electron chi connectivity index (χ3n) is 1.72. The summed E-state index contributed by atoms with van der Waals surface area (Å²) in [5, 5.41) is 0. The van der Waals surface area contributed by atoms with Crippen LogP contribution in [0.1, 0.15) is 5.82 Å². The van der Waals surface area contributed by atoms with E-state index in [0.29, 0.717) is 11.7 Å². The second-order valence-corrected chi connectivity index (χ2v) is 2.86. The Morgan fingerprint density at radius 1 is 1.38 bits per heavy atom. The molecule has 13 heavy (non-hydrogen) atoms. The van der Waals surface area contributed by atoms with E-state index in [1.54, 1.807) is 6.20 Å². The largest absolute Gasteiger partial charge is 0.367 e. The lowest BCUT2D eigenvalue weighted by molar-refractivity contribution is 1.03. The Hall–Kier alpha value is -1.35. The Kier molecular flexibility index (Phi) is 2.27. The summed E-state index contributed by atoms with van der Waals surface area (Å²) in [5.74, 6) is 0.999. The van der Waals surface area contributed by atoms with E-state index < -0.39 is 0 Å². The smallest absolute Gasteiger partial charge is 0.143 e. The Bertz CT molecular complexity index is 384. The number of aromatic nitrogens is 3. The van der Waals surface area contributed by atoms with E-state index in [4.69, 9.17) is 11.6 Å². The average molecular weight is 194 g/mol. The lowest BCUT2D eigenvalue weighted by Gasteiger charge is -1.97. The van der Waals surface area contributed by atoms with E-state index in [9.17, 15) is 0 Å². The fourth-order valence-corrected chi connectivity index (χ4v) is 1.24. The lowest BCUT2D eigenvalue weighted by atomic mass is 10.2. The van der Waals surface area contributed by atoms with Gasteiger partial charge in [0.1, 0.15) is 5.82 Å². The van der Waals surface area contributed by atoms with Gasteiger partial charge >= 0.3 is 0 Å². The SMILES string of the molecule is ClCc1nccc(-c2cc[nH]c2)n1. The predicted octanol–water partition coefficient (Wildman–Crippen LogP) is 2.21. The summed E-state index contributed by atoms with van der Waals surface area (Å²) in [6.07, 6.45) is 5.46. The van der Waals surface area contributed by atoms with Crippen molar-refractivity contribution in [3.63, 3.8) is 0 Å². The van der Waals surface area contributed by atoms with E-state index in [1.807, 2.05) is 24.5 Å². The highest BCUT2D eigenvalue weighted by Gasteiger charge is 2.00. The lowest BCUT2D eigenvalue weighted by Crippen LogP contribution is -1.91. The first-order chi connectivity index (χ1) is 6.40. The van der Waals surface area contributed by atoms with Crippen molar-refractivity contribution < 1.29 is 0 Å². The molecule has 0 radical (unpaired) electrons. The van der Waals surface area contributed by atoms with Crippen molar-refractivity contribution >= 4 is 11.6 Å². The maximum absolute atomic E-state index is 5.63. The molecular weight excluding hydrogens is 186 g/mol. The van der Waals surface area contributed by atoms with Gasteiger partial charge in [0.25, 0.3) is 0 Å². The van der Waals surface area contributed by atoms with Gasteiger partial charge in [-0.3, -0.25) is 0 Å². The van der Waals surface area contributed by atoms with E-state index >= 15 is 0 Å². The van der Waals surface area contributed by atoms with Crippen LogP contribution in [0.5, 0.6) is 0 Å². The van der Waals surface area contributed by atoms with Gasteiger partial charge in [-0.05, 0) is 12.1 Å². The molecule has 0 aliphatic heterocycles. The number of nitrogens with one attached hydrogen (secondary N) is 1. The second-order valence-electron chi connectivity index (χ2n) is 2.59. The van der Waals surface area contributed by atoms with Crippen LogP contribution in [-0.2, 0) is 5.88 Å². The minimum atomic E-state index is 0.345. The average Bonchev–Trinajstić information content (AvgIpc) is 2.71. The molecule has 3 nitrogen and oxygen atoms in total. The number of alkyl halides is 1. The van der Waals surface area contributed by atoms with E-state index in [2.05, 4.69) is 15.0 Å². The molecule has 0 atom stereocenters. The molecule has 0 saturated carbocycles. The van der Waals surface area contributed by atoms with Crippen LogP contribution in [-0.4, -0.2) is 15.0 Å². The highest BCUT2D eigenvalue weighted by Crippen LogP contribution is 2.15. The van der Waals surface area contributed by atoms with Gasteiger partial charge in [-0.25, -0.2) is 9.97 Å². The molecule has 0 spiro atoms. The molecule has 2 aromatic heterocycles. The Labute approximate surface area is 80.8 Å². The normalized spacial score (nSPS) is 10.2. The second kappa shape index (κ2) is 3.58. The first kappa shape index (κ1) is 8.26. The van der Waals surface area contributed by atoms with Gasteiger partial charge in [0.05, 0.1) is 11.6 Å². The zero-order chi connectivity index (χ0) is 9.10. The van der Waals surface area contributed by atoms with Gasteiger partial charge in [0.15, 0.2) is 0 Å². The molecule has 2 heterocycles. The third kappa shape index (κ3) is 1.70. The molecule has 2 rings (SSSR count). The molecule has 0 bridgehead atoms. The van der Waals surface area contributed by atoms with Crippen LogP contribution in [0, 0.1) is 0 Å². The van der Waals surface area contributed by atoms with Crippen molar-refractivity contribution in [2.45, 2.75) is 5.88 Å². The number of nitrogens with zero attached hydrogens (tertiary/aromatic N) is 2. The van der Waals surface area contributed by atoms with Crippen LogP contribution in [0.3, 0.4) is 0 Å². The first-order valence-electron chi connectivity index (χ1n) is 3.91. The zero-order valence-electron chi connectivity index (χ0n) is 6.87.